The Bertz CT molecular complexity index is 3800. The van der Waals surface area contributed by atoms with Gasteiger partial charge in [-0.3, -0.25) is 18.2 Å². The van der Waals surface area contributed by atoms with Crippen molar-refractivity contribution in [2.24, 2.45) is 20.5 Å². The number of sulfone groups is 2. The van der Waals surface area contributed by atoms with E-state index in [-0.39, 0.29) is 106 Å². The molecule has 0 unspecified atom stereocenters. The van der Waals surface area contributed by atoms with Crippen molar-refractivity contribution in [3.63, 3.8) is 0 Å². The minimum Gasteiger partial charge on any atom is -0.368 e. The average molecular weight is 1170 g/mol. The van der Waals surface area contributed by atoms with Crippen LogP contribution in [0.15, 0.2) is 90.6 Å². The monoisotopic (exact) mass is 1170 g/mol. The van der Waals surface area contributed by atoms with Crippen molar-refractivity contribution in [3.8, 4) is 12.1 Å². The Morgan fingerprint density at radius 3 is 1.22 bits per heavy atom. The number of hydrogen-bond donors (Lipinski definition) is 8. The first-order valence-electron chi connectivity index (χ1n) is 20.9. The number of hydrogen-bond acceptors (Lipinski definition) is 26. The molecular weight excluding hydrogens is 1130 g/mol. The van der Waals surface area contributed by atoms with E-state index in [2.05, 4.69) is 73.2 Å². The maximum Gasteiger partial charge on any atom is 0.397 e. The molecule has 0 saturated carbocycles. The highest BCUT2D eigenvalue weighted by atomic mass is 32.3. The van der Waals surface area contributed by atoms with Crippen molar-refractivity contribution in [1.82, 2.24) is 9.97 Å². The third-order valence-corrected chi connectivity index (χ3v) is 15.0. The minimum atomic E-state index is -5.11. The SMILES string of the molecule is C=CS(=O)(=O)CCNc1nc(NCCOS(=O)(=O)O)c(N=Nc2ccc(/C=C/c3ccc(N=Nc4c(NCCS(=O)(=O)C=C)nc(NCCOS(=O)(=O)O)c(C#N)c4C)cc3S(=O)(=O)O)c(S(=O)(=O)O)c2)c(C)c1C#N. The van der Waals surface area contributed by atoms with Crippen molar-refractivity contribution in [1.29, 1.82) is 10.5 Å². The highest BCUT2D eigenvalue weighted by Gasteiger charge is 2.22. The van der Waals surface area contributed by atoms with Gasteiger partial charge in [-0.2, -0.15) is 54.4 Å². The fourth-order valence-corrected chi connectivity index (χ4v) is 9.22. The first-order chi connectivity index (χ1) is 35.3. The van der Waals surface area contributed by atoms with Crippen LogP contribution in [-0.4, -0.2) is 130 Å². The quantitative estimate of drug-likeness (QED) is 0.0165. The van der Waals surface area contributed by atoms with Crippen LogP contribution in [0.25, 0.3) is 12.2 Å². The van der Waals surface area contributed by atoms with Crippen LogP contribution in [0.2, 0.25) is 0 Å². The molecule has 2 aromatic heterocycles. The molecule has 0 atom stereocenters. The second kappa shape index (κ2) is 25.6. The van der Waals surface area contributed by atoms with Crippen LogP contribution in [0, 0.1) is 36.5 Å². The summed E-state index contributed by atoms with van der Waals surface area (Å²) in [5, 5.41) is 48.5. The second-order valence-electron chi connectivity index (χ2n) is 14.9. The summed E-state index contributed by atoms with van der Waals surface area (Å²) in [7, 11) is -27.3. The molecule has 36 heteroatoms. The van der Waals surface area contributed by atoms with E-state index in [0.29, 0.717) is 0 Å². The van der Waals surface area contributed by atoms with Gasteiger partial charge in [-0.1, -0.05) is 37.4 Å². The molecule has 4 rings (SSSR count). The molecule has 0 fully saturated rings. The number of aromatic nitrogens is 2. The molecule has 408 valence electrons. The van der Waals surface area contributed by atoms with Gasteiger partial charge in [0.25, 0.3) is 20.2 Å². The number of nitrogens with one attached hydrogen (secondary N) is 4. The molecule has 0 bridgehead atoms. The summed E-state index contributed by atoms with van der Waals surface area (Å²) in [6, 6.07) is 10.2. The third kappa shape index (κ3) is 18.3. The lowest BCUT2D eigenvalue weighted by molar-refractivity contribution is 0.277. The fourth-order valence-electron chi connectivity index (χ4n) is 6.12. The number of nitrogens with zero attached hydrogens (tertiary/aromatic N) is 8. The first-order valence-corrected chi connectivity index (χ1v) is 29.9. The van der Waals surface area contributed by atoms with Gasteiger partial charge in [0.15, 0.2) is 31.3 Å². The molecule has 0 radical (unpaired) electrons. The molecule has 0 aliphatic heterocycles. The topological polar surface area (TPSA) is 475 Å². The minimum absolute atomic E-state index is 0.0779. The number of pyridine rings is 2. The van der Waals surface area contributed by atoms with Gasteiger partial charge >= 0.3 is 20.8 Å². The van der Waals surface area contributed by atoms with Crippen LogP contribution < -0.4 is 21.3 Å². The van der Waals surface area contributed by atoms with E-state index >= 15 is 0 Å². The lowest BCUT2D eigenvalue weighted by Gasteiger charge is -2.15. The van der Waals surface area contributed by atoms with Crippen molar-refractivity contribution < 1.29 is 77.1 Å². The largest absolute Gasteiger partial charge is 0.397 e. The Morgan fingerprint density at radius 2 is 0.895 bits per heavy atom. The van der Waals surface area contributed by atoms with Gasteiger partial charge in [-0.15, -0.1) is 10.2 Å². The zero-order chi connectivity index (χ0) is 56.9. The lowest BCUT2D eigenvalue weighted by Crippen LogP contribution is -2.17. The standard InChI is InChI=1S/C40H44N12O18S6/c1-5-71(53,54)19-15-45-38-32(24-42)26(4)35(39(48-38)44-14-18-70-76(66,67)68)51-49-29-11-9-27(33(21-29)73(57,58)59)7-8-28-10-12-30(22-34(28)74(60,61)62)50-52-36-25(3)31(23-41)37(43-13-17-69-75(63,64)65)47-40(36)46-16-20-72(55,56)6-2/h5-12,21-22H,1-2,13-20H2,3-4H3,(H2,43,46,47)(H2,44,45,48)(H,57,58,59)(H,60,61,62)(H,63,64,65)(H,66,67,68)/b8-7+,51-49?,52-50?. The van der Waals surface area contributed by atoms with Crippen LogP contribution in [0.3, 0.4) is 0 Å². The van der Waals surface area contributed by atoms with E-state index in [1.54, 1.807) is 0 Å². The van der Waals surface area contributed by atoms with Crippen LogP contribution >= 0.6 is 0 Å². The van der Waals surface area contributed by atoms with Gasteiger partial charge in [0.1, 0.15) is 44.9 Å². The zero-order valence-corrected chi connectivity index (χ0v) is 44.3. The van der Waals surface area contributed by atoms with E-state index < -0.39 is 95.2 Å². The normalized spacial score (nSPS) is 12.6. The Hall–Kier alpha value is -7.20. The molecule has 0 aliphatic carbocycles. The molecule has 2 heterocycles. The van der Waals surface area contributed by atoms with E-state index in [9.17, 15) is 70.1 Å². The number of benzene rings is 2. The van der Waals surface area contributed by atoms with E-state index in [1.165, 1.54) is 26.0 Å². The van der Waals surface area contributed by atoms with Crippen LogP contribution in [0.1, 0.15) is 33.4 Å². The predicted molar refractivity (Wildman–Crippen MR) is 274 cm³/mol. The first kappa shape index (κ1) is 61.3. The van der Waals surface area contributed by atoms with E-state index in [1.807, 2.05) is 12.1 Å². The van der Waals surface area contributed by atoms with Crippen LogP contribution in [-0.2, 0) is 69.1 Å². The number of rotatable bonds is 28. The molecule has 0 spiro atoms. The molecule has 76 heavy (non-hydrogen) atoms. The summed E-state index contributed by atoms with van der Waals surface area (Å²) in [5.74, 6) is -1.57. The van der Waals surface area contributed by atoms with Crippen molar-refractivity contribution in [2.75, 3.05) is 72.2 Å². The van der Waals surface area contributed by atoms with Crippen molar-refractivity contribution in [2.45, 2.75) is 23.6 Å². The molecule has 8 N–H and O–H groups in total. The fraction of sp³-hybridized carbons (Fsp3) is 0.250. The summed E-state index contributed by atoms with van der Waals surface area (Å²) < 4.78 is 190. The third-order valence-electron chi connectivity index (χ3n) is 9.70. The van der Waals surface area contributed by atoms with E-state index in [0.717, 1.165) is 47.2 Å². The van der Waals surface area contributed by atoms with Crippen LogP contribution in [0.5, 0.6) is 0 Å². The highest BCUT2D eigenvalue weighted by Crippen LogP contribution is 2.37. The number of anilines is 4. The predicted octanol–water partition coefficient (Wildman–Crippen LogP) is 4.73. The van der Waals surface area contributed by atoms with Crippen LogP contribution in [0.4, 0.5) is 46.0 Å². The number of azo groups is 2. The van der Waals surface area contributed by atoms with Crippen molar-refractivity contribution in [3.05, 3.63) is 93.8 Å². The Kier molecular flexibility index (Phi) is 20.6. The van der Waals surface area contributed by atoms with Gasteiger partial charge in [0, 0.05) is 48.1 Å². The Labute approximate surface area is 436 Å². The Morgan fingerprint density at radius 1 is 0.553 bits per heavy atom. The van der Waals surface area contributed by atoms with Gasteiger partial charge in [-0.25, -0.2) is 35.2 Å². The van der Waals surface area contributed by atoms with Gasteiger partial charge < -0.3 is 21.3 Å². The maximum atomic E-state index is 12.7. The summed E-state index contributed by atoms with van der Waals surface area (Å²) in [6.45, 7) is 6.85. The summed E-state index contributed by atoms with van der Waals surface area (Å²) in [6.07, 6.45) is 2.11. The molecule has 2 aromatic carbocycles. The van der Waals surface area contributed by atoms with Gasteiger partial charge in [0.2, 0.25) is 0 Å². The molecule has 0 saturated heterocycles. The van der Waals surface area contributed by atoms with Crippen molar-refractivity contribution >= 4 is 119 Å². The number of nitriles is 2. The van der Waals surface area contributed by atoms with Gasteiger partial charge in [0.05, 0.1) is 47.2 Å². The maximum absolute atomic E-state index is 12.7. The lowest BCUT2D eigenvalue weighted by atomic mass is 10.1. The average Bonchev–Trinajstić information content (AvgIpc) is 3.32. The molecular formula is C40H44N12O18S6. The highest BCUT2D eigenvalue weighted by molar-refractivity contribution is 7.94. The summed E-state index contributed by atoms with van der Waals surface area (Å²) in [5.41, 5.74) is -1.46. The molecule has 4 aromatic rings. The zero-order valence-electron chi connectivity index (χ0n) is 39.4. The Balaban J connectivity index is 1.74. The summed E-state index contributed by atoms with van der Waals surface area (Å²) in [4.78, 5) is 6.94. The van der Waals surface area contributed by atoms with E-state index in [4.69, 9.17) is 9.11 Å². The molecule has 0 amide bonds. The second-order valence-corrected chi connectivity index (χ2v) is 24.0. The van der Waals surface area contributed by atoms with Gasteiger partial charge in [-0.05, 0) is 49.2 Å². The molecule has 0 aliphatic rings. The summed E-state index contributed by atoms with van der Waals surface area (Å²) >= 11 is 0. The molecule has 30 nitrogen and oxygen atoms in total. The smallest absolute Gasteiger partial charge is 0.368 e.